The first kappa shape index (κ1) is 29.6. The highest BCUT2D eigenvalue weighted by Gasteiger charge is 2.20. The van der Waals surface area contributed by atoms with Crippen molar-refractivity contribution in [2.75, 3.05) is 25.0 Å². The molecule has 0 bridgehead atoms. The average molecular weight is 583 g/mol. The molecule has 43 heavy (non-hydrogen) atoms. The van der Waals surface area contributed by atoms with Gasteiger partial charge in [0.15, 0.2) is 0 Å². The monoisotopic (exact) mass is 582 g/mol. The van der Waals surface area contributed by atoms with Crippen LogP contribution < -0.4 is 14.8 Å². The van der Waals surface area contributed by atoms with E-state index in [1.807, 2.05) is 101 Å². The summed E-state index contributed by atoms with van der Waals surface area (Å²) in [6.45, 7) is 11.1. The molecule has 0 saturated carbocycles. The number of rotatable bonds is 10. The van der Waals surface area contributed by atoms with Gasteiger partial charge in [0.2, 0.25) is 0 Å². The van der Waals surface area contributed by atoms with Gasteiger partial charge >= 0.3 is 6.09 Å². The zero-order chi connectivity index (χ0) is 30.6. The van der Waals surface area contributed by atoms with Crippen LogP contribution in [0.3, 0.4) is 0 Å². The van der Waals surface area contributed by atoms with Crippen molar-refractivity contribution in [2.24, 2.45) is 7.05 Å². The SMILES string of the molecule is CCN(CCCOc1ccc2c(Nc3ccc(Oc4ccc5c(c4)ncn5C)c(C)c3)ncnc2c1)C(=O)OC(C)(C)C. The number of nitrogens with one attached hydrogen (secondary N) is 1. The van der Waals surface area contributed by atoms with Gasteiger partial charge in [-0.3, -0.25) is 0 Å². The Balaban J connectivity index is 1.20. The number of aromatic nitrogens is 4. The largest absolute Gasteiger partial charge is 0.493 e. The van der Waals surface area contributed by atoms with Crippen molar-refractivity contribution < 1.29 is 19.0 Å². The van der Waals surface area contributed by atoms with Crippen LogP contribution >= 0.6 is 0 Å². The summed E-state index contributed by atoms with van der Waals surface area (Å²) in [5.41, 5.74) is 4.05. The normalized spacial score (nSPS) is 11.5. The van der Waals surface area contributed by atoms with Crippen molar-refractivity contribution in [2.45, 2.75) is 46.6 Å². The molecule has 0 aliphatic heterocycles. The number of benzene rings is 3. The molecule has 0 radical (unpaired) electrons. The quantitative estimate of drug-likeness (QED) is 0.170. The molecule has 5 aromatic rings. The van der Waals surface area contributed by atoms with Gasteiger partial charge in [-0.05, 0) is 89.1 Å². The molecule has 0 fully saturated rings. The molecule has 0 saturated heterocycles. The molecule has 2 heterocycles. The van der Waals surface area contributed by atoms with Crippen molar-refractivity contribution in [1.29, 1.82) is 0 Å². The number of hydrogen-bond donors (Lipinski definition) is 1. The first-order valence-corrected chi connectivity index (χ1v) is 14.4. The van der Waals surface area contributed by atoms with Gasteiger partial charge in [-0.2, -0.15) is 0 Å². The number of aryl methyl sites for hydroxylation is 2. The van der Waals surface area contributed by atoms with E-state index in [0.717, 1.165) is 44.7 Å². The molecule has 0 aliphatic rings. The van der Waals surface area contributed by atoms with Crippen LogP contribution in [0, 0.1) is 6.92 Å². The molecule has 0 unspecified atom stereocenters. The Morgan fingerprint density at radius 2 is 1.77 bits per heavy atom. The molecule has 10 nitrogen and oxygen atoms in total. The van der Waals surface area contributed by atoms with E-state index in [0.29, 0.717) is 37.7 Å². The number of carbonyl (C=O) groups is 1. The predicted octanol–water partition coefficient (Wildman–Crippen LogP) is 7.39. The van der Waals surface area contributed by atoms with Crippen LogP contribution in [0.2, 0.25) is 0 Å². The summed E-state index contributed by atoms with van der Waals surface area (Å²) < 4.78 is 19.6. The third-order valence-corrected chi connectivity index (χ3v) is 6.84. The van der Waals surface area contributed by atoms with Crippen LogP contribution in [0.25, 0.3) is 21.9 Å². The van der Waals surface area contributed by atoms with E-state index < -0.39 is 5.60 Å². The maximum Gasteiger partial charge on any atom is 0.410 e. The second kappa shape index (κ2) is 12.6. The number of fused-ring (bicyclic) bond motifs is 2. The van der Waals surface area contributed by atoms with Crippen LogP contribution in [0.15, 0.2) is 67.3 Å². The van der Waals surface area contributed by atoms with E-state index in [1.165, 1.54) is 6.33 Å². The fourth-order valence-corrected chi connectivity index (χ4v) is 4.66. The molecule has 0 aliphatic carbocycles. The Hall–Kier alpha value is -4.86. The zero-order valence-corrected chi connectivity index (χ0v) is 25.5. The fraction of sp³-hybridized carbons (Fsp3) is 0.333. The standard InChI is InChI=1S/C33H38N6O4/c1-7-39(32(40)43-33(3,4)5)15-8-16-41-24-10-12-26-27(18-24)34-20-35-31(26)37-23-9-14-30(22(2)17-23)42-25-11-13-29-28(19-25)36-21-38(29)6/h9-14,17-21H,7-8,15-16H2,1-6H3,(H,34,35,37). The minimum Gasteiger partial charge on any atom is -0.493 e. The maximum absolute atomic E-state index is 12.3. The lowest BCUT2D eigenvalue weighted by Crippen LogP contribution is -2.37. The zero-order valence-electron chi connectivity index (χ0n) is 25.5. The number of ether oxygens (including phenoxy) is 3. The van der Waals surface area contributed by atoms with Gasteiger partial charge < -0.3 is 29.0 Å². The summed E-state index contributed by atoms with van der Waals surface area (Å²) in [4.78, 5) is 27.4. The van der Waals surface area contributed by atoms with Crippen molar-refractivity contribution in [3.63, 3.8) is 0 Å². The molecular weight excluding hydrogens is 544 g/mol. The van der Waals surface area contributed by atoms with Crippen molar-refractivity contribution in [3.05, 3.63) is 72.8 Å². The lowest BCUT2D eigenvalue weighted by atomic mass is 10.2. The van der Waals surface area contributed by atoms with Gasteiger partial charge in [-0.15, -0.1) is 0 Å². The Bertz CT molecular complexity index is 1740. The van der Waals surface area contributed by atoms with E-state index in [2.05, 4.69) is 20.3 Å². The molecule has 0 atom stereocenters. The molecular formula is C33H38N6O4. The average Bonchev–Trinajstić information content (AvgIpc) is 3.33. The Kier molecular flexibility index (Phi) is 8.66. The summed E-state index contributed by atoms with van der Waals surface area (Å²) in [7, 11) is 1.97. The molecule has 1 amide bonds. The number of anilines is 2. The Morgan fingerprint density at radius 1 is 0.977 bits per heavy atom. The summed E-state index contributed by atoms with van der Waals surface area (Å²) in [5, 5.41) is 4.29. The number of carbonyl (C=O) groups excluding carboxylic acids is 1. The smallest absolute Gasteiger partial charge is 0.410 e. The van der Waals surface area contributed by atoms with Crippen LogP contribution in [-0.2, 0) is 11.8 Å². The first-order valence-electron chi connectivity index (χ1n) is 14.4. The number of hydrogen-bond acceptors (Lipinski definition) is 8. The minimum atomic E-state index is -0.519. The van der Waals surface area contributed by atoms with Crippen molar-refractivity contribution >= 4 is 39.5 Å². The summed E-state index contributed by atoms with van der Waals surface area (Å²) in [6, 6.07) is 17.6. The highest BCUT2D eigenvalue weighted by molar-refractivity contribution is 5.91. The van der Waals surface area contributed by atoms with Gasteiger partial charge in [0, 0.05) is 43.3 Å². The Labute approximate surface area is 251 Å². The van der Waals surface area contributed by atoms with E-state index in [9.17, 15) is 4.79 Å². The molecule has 5 rings (SSSR count). The topological polar surface area (TPSA) is 104 Å². The van der Waals surface area contributed by atoms with E-state index >= 15 is 0 Å². The maximum atomic E-state index is 12.3. The number of amides is 1. The molecule has 224 valence electrons. The van der Waals surface area contributed by atoms with Crippen molar-refractivity contribution in [3.8, 4) is 17.2 Å². The fourth-order valence-electron chi connectivity index (χ4n) is 4.66. The third kappa shape index (κ3) is 7.32. The summed E-state index contributed by atoms with van der Waals surface area (Å²) >= 11 is 0. The molecule has 1 N–H and O–H groups in total. The van der Waals surface area contributed by atoms with E-state index in [4.69, 9.17) is 14.2 Å². The second-order valence-corrected chi connectivity index (χ2v) is 11.4. The highest BCUT2D eigenvalue weighted by Crippen LogP contribution is 2.31. The summed E-state index contributed by atoms with van der Waals surface area (Å²) in [5.74, 6) is 2.91. The minimum absolute atomic E-state index is 0.308. The van der Waals surface area contributed by atoms with Crippen LogP contribution in [0.4, 0.5) is 16.3 Å². The van der Waals surface area contributed by atoms with Gasteiger partial charge in [-0.1, -0.05) is 0 Å². The molecule has 2 aromatic heterocycles. The van der Waals surface area contributed by atoms with Crippen LogP contribution in [-0.4, -0.2) is 55.8 Å². The number of imidazole rings is 1. The third-order valence-electron chi connectivity index (χ3n) is 6.84. The van der Waals surface area contributed by atoms with Gasteiger partial charge in [0.25, 0.3) is 0 Å². The summed E-state index contributed by atoms with van der Waals surface area (Å²) in [6.07, 6.45) is 3.70. The predicted molar refractivity (Wildman–Crippen MR) is 168 cm³/mol. The van der Waals surface area contributed by atoms with Crippen LogP contribution in [0.5, 0.6) is 17.2 Å². The first-order chi connectivity index (χ1) is 20.6. The second-order valence-electron chi connectivity index (χ2n) is 11.4. The Morgan fingerprint density at radius 3 is 2.53 bits per heavy atom. The lowest BCUT2D eigenvalue weighted by Gasteiger charge is -2.26. The van der Waals surface area contributed by atoms with Gasteiger partial charge in [-0.25, -0.2) is 19.7 Å². The van der Waals surface area contributed by atoms with Gasteiger partial charge in [0.1, 0.15) is 35.0 Å². The molecule has 10 heteroatoms. The number of nitrogens with zero attached hydrogens (tertiary/aromatic N) is 5. The lowest BCUT2D eigenvalue weighted by molar-refractivity contribution is 0.0252. The van der Waals surface area contributed by atoms with Crippen molar-refractivity contribution in [1.82, 2.24) is 24.4 Å². The molecule has 3 aromatic carbocycles. The van der Waals surface area contributed by atoms with Crippen LogP contribution in [0.1, 0.15) is 39.7 Å². The van der Waals surface area contributed by atoms with E-state index in [-0.39, 0.29) is 6.09 Å². The van der Waals surface area contributed by atoms with Gasteiger partial charge in [0.05, 0.1) is 29.5 Å². The van der Waals surface area contributed by atoms with E-state index in [1.54, 1.807) is 11.2 Å². The molecule has 0 spiro atoms. The highest BCUT2D eigenvalue weighted by atomic mass is 16.6.